The Kier molecular flexibility index (Phi) is 7.03. The van der Waals surface area contributed by atoms with Crippen molar-refractivity contribution in [3.63, 3.8) is 0 Å². The number of fused-ring (bicyclic) bond motifs is 4. The lowest BCUT2D eigenvalue weighted by Crippen LogP contribution is -2.49. The number of amides is 3. The Morgan fingerprint density at radius 1 is 1.16 bits per heavy atom. The number of hydrogen-bond acceptors (Lipinski definition) is 5. The van der Waals surface area contributed by atoms with Gasteiger partial charge in [-0.05, 0) is 25.7 Å². The first-order valence-electron chi connectivity index (χ1n) is 11.8. The molecule has 3 unspecified atom stereocenters. The molecule has 0 spiro atoms. The van der Waals surface area contributed by atoms with Gasteiger partial charge in [-0.1, -0.05) is 0 Å². The molecule has 9 nitrogen and oxygen atoms in total. The van der Waals surface area contributed by atoms with Crippen LogP contribution in [0.2, 0.25) is 0 Å². The van der Waals surface area contributed by atoms with Gasteiger partial charge in [0, 0.05) is 63.5 Å². The molecule has 1 saturated heterocycles. The van der Waals surface area contributed by atoms with E-state index in [1.54, 1.807) is 16.8 Å². The summed E-state index contributed by atoms with van der Waals surface area (Å²) in [6, 6.07) is 0.304. The Hall–Kier alpha value is -3.83. The average molecular weight is 521 g/mol. The van der Waals surface area contributed by atoms with Gasteiger partial charge in [0.15, 0.2) is 11.4 Å². The first-order chi connectivity index (χ1) is 17.4. The van der Waals surface area contributed by atoms with E-state index in [0.717, 1.165) is 0 Å². The Labute approximate surface area is 210 Å². The number of carbonyl (C=O) groups excluding carboxylic acids is 3. The molecule has 3 heterocycles. The third kappa shape index (κ3) is 4.79. The zero-order valence-electron chi connectivity index (χ0n) is 20.6. The molecule has 1 aromatic carbocycles. The summed E-state index contributed by atoms with van der Waals surface area (Å²) >= 11 is 0. The molecular formula is C25H27F3N4O5. The van der Waals surface area contributed by atoms with Crippen molar-refractivity contribution < 1.29 is 32.7 Å². The van der Waals surface area contributed by atoms with Crippen LogP contribution in [-0.4, -0.2) is 63.4 Å². The monoisotopic (exact) mass is 520 g/mol. The number of pyridine rings is 1. The van der Waals surface area contributed by atoms with Crippen molar-refractivity contribution in [1.82, 2.24) is 19.7 Å². The molecule has 2 bridgehead atoms. The van der Waals surface area contributed by atoms with Crippen molar-refractivity contribution in [3.8, 4) is 5.75 Å². The van der Waals surface area contributed by atoms with Crippen LogP contribution in [0.1, 0.15) is 59.1 Å². The van der Waals surface area contributed by atoms with E-state index < -0.39 is 64.2 Å². The summed E-state index contributed by atoms with van der Waals surface area (Å²) in [6.07, 6.45) is 2.45. The number of hydrogen-bond donors (Lipinski definition) is 2. The number of carbonyl (C=O) groups is 3. The molecule has 0 saturated carbocycles. The minimum Gasteiger partial charge on any atom is -0.503 e. The van der Waals surface area contributed by atoms with Crippen molar-refractivity contribution in [3.05, 3.63) is 62.8 Å². The van der Waals surface area contributed by atoms with Gasteiger partial charge in [0.25, 0.3) is 11.8 Å². The van der Waals surface area contributed by atoms with Crippen LogP contribution in [0.4, 0.5) is 13.2 Å². The Morgan fingerprint density at radius 2 is 1.81 bits per heavy atom. The van der Waals surface area contributed by atoms with E-state index in [2.05, 4.69) is 5.32 Å². The quantitative estimate of drug-likeness (QED) is 0.628. The molecule has 2 aromatic rings. The molecule has 2 N–H and O–H groups in total. The standard InChI is InChI=1S/C25H27F3N4O5/c1-12-4-5-14(9-30(3)13(2)33)20-11-31(12)25(37)21-23(35)22(34)17(10-32(20)21)24(36)29-8-16-18(27)6-15(26)7-19(16)28/h6-7,10,12,14,20,35H,4-5,8-9,11H2,1-3H3,(H,29,36). The van der Waals surface area contributed by atoms with Crippen LogP contribution in [0.3, 0.4) is 0 Å². The van der Waals surface area contributed by atoms with Gasteiger partial charge in [-0.3, -0.25) is 19.2 Å². The molecule has 37 heavy (non-hydrogen) atoms. The zero-order valence-corrected chi connectivity index (χ0v) is 20.6. The molecule has 0 aliphatic carbocycles. The lowest BCUT2D eigenvalue weighted by molar-refractivity contribution is -0.128. The van der Waals surface area contributed by atoms with E-state index in [1.165, 1.54) is 17.7 Å². The van der Waals surface area contributed by atoms with E-state index in [9.17, 15) is 37.5 Å². The second-order valence-electron chi connectivity index (χ2n) is 9.62. The highest BCUT2D eigenvalue weighted by molar-refractivity contribution is 5.99. The third-order valence-electron chi connectivity index (χ3n) is 7.27. The van der Waals surface area contributed by atoms with Gasteiger partial charge in [-0.25, -0.2) is 13.2 Å². The van der Waals surface area contributed by atoms with Crippen molar-refractivity contribution in [2.45, 2.75) is 45.3 Å². The molecule has 1 aromatic heterocycles. The number of nitrogens with zero attached hydrogens (tertiary/aromatic N) is 3. The van der Waals surface area contributed by atoms with Crippen LogP contribution in [0.25, 0.3) is 0 Å². The summed E-state index contributed by atoms with van der Waals surface area (Å²) in [6.45, 7) is 3.22. The van der Waals surface area contributed by atoms with Crippen molar-refractivity contribution in [2.24, 2.45) is 5.92 Å². The summed E-state index contributed by atoms with van der Waals surface area (Å²) < 4.78 is 42.5. The maximum absolute atomic E-state index is 14.0. The van der Waals surface area contributed by atoms with E-state index in [1.807, 2.05) is 6.92 Å². The van der Waals surface area contributed by atoms with Gasteiger partial charge in [-0.15, -0.1) is 0 Å². The first-order valence-corrected chi connectivity index (χ1v) is 11.8. The molecule has 198 valence electrons. The van der Waals surface area contributed by atoms with Gasteiger partial charge in [-0.2, -0.15) is 0 Å². The fraction of sp³-hybridized carbons (Fsp3) is 0.440. The van der Waals surface area contributed by atoms with Crippen LogP contribution in [0.15, 0.2) is 23.1 Å². The maximum Gasteiger partial charge on any atom is 0.274 e. The van der Waals surface area contributed by atoms with Gasteiger partial charge >= 0.3 is 0 Å². The summed E-state index contributed by atoms with van der Waals surface area (Å²) in [5.41, 5.74) is -2.49. The molecule has 2 aliphatic heterocycles. The maximum atomic E-state index is 14.0. The highest BCUT2D eigenvalue weighted by atomic mass is 19.1. The molecule has 4 rings (SSSR count). The SMILES string of the molecule is CC(=O)N(C)CC1CCC(C)N2CC1n1cc(C(=O)NCc3c(F)cc(F)cc3F)c(=O)c(O)c1C2=O. The molecule has 1 fully saturated rings. The van der Waals surface area contributed by atoms with Crippen LogP contribution >= 0.6 is 0 Å². The zero-order chi connectivity index (χ0) is 27.2. The summed E-state index contributed by atoms with van der Waals surface area (Å²) in [5, 5.41) is 13.0. The Bertz CT molecular complexity index is 1320. The van der Waals surface area contributed by atoms with Crippen molar-refractivity contribution >= 4 is 17.7 Å². The number of rotatable bonds is 5. The number of nitrogens with one attached hydrogen (secondary N) is 1. The largest absolute Gasteiger partial charge is 0.503 e. The fourth-order valence-electron chi connectivity index (χ4n) is 5.02. The lowest BCUT2D eigenvalue weighted by Gasteiger charge is -2.39. The number of benzene rings is 1. The third-order valence-corrected chi connectivity index (χ3v) is 7.27. The second kappa shape index (κ2) is 9.91. The second-order valence-corrected chi connectivity index (χ2v) is 9.62. The van der Waals surface area contributed by atoms with Crippen molar-refractivity contribution in [2.75, 3.05) is 20.1 Å². The highest BCUT2D eigenvalue weighted by Crippen LogP contribution is 2.38. The number of aromatic hydroxyl groups is 1. The minimum atomic E-state index is -1.21. The van der Waals surface area contributed by atoms with E-state index in [-0.39, 0.29) is 30.1 Å². The Balaban J connectivity index is 1.72. The predicted molar refractivity (Wildman–Crippen MR) is 125 cm³/mol. The molecule has 12 heteroatoms. The predicted octanol–water partition coefficient (Wildman–Crippen LogP) is 2.17. The van der Waals surface area contributed by atoms with Gasteiger partial charge < -0.3 is 24.8 Å². The molecule has 3 amide bonds. The minimum absolute atomic E-state index is 0.149. The van der Waals surface area contributed by atoms with E-state index in [0.29, 0.717) is 31.5 Å². The number of halogens is 3. The topological polar surface area (TPSA) is 112 Å². The van der Waals surface area contributed by atoms with Crippen LogP contribution in [0, 0.1) is 23.4 Å². The van der Waals surface area contributed by atoms with E-state index in [4.69, 9.17) is 0 Å². The van der Waals surface area contributed by atoms with E-state index >= 15 is 0 Å². The molecule has 3 atom stereocenters. The van der Waals surface area contributed by atoms with Gasteiger partial charge in [0.2, 0.25) is 11.3 Å². The lowest BCUT2D eigenvalue weighted by atomic mass is 9.92. The average Bonchev–Trinajstić information content (AvgIpc) is 2.96. The molecule has 0 radical (unpaired) electrons. The molecule has 2 aliphatic rings. The first kappa shape index (κ1) is 26.2. The summed E-state index contributed by atoms with van der Waals surface area (Å²) in [4.78, 5) is 54.0. The van der Waals surface area contributed by atoms with Crippen molar-refractivity contribution in [1.29, 1.82) is 0 Å². The smallest absolute Gasteiger partial charge is 0.274 e. The van der Waals surface area contributed by atoms with Gasteiger partial charge in [0.1, 0.15) is 23.0 Å². The normalized spacial score (nSPS) is 20.8. The van der Waals surface area contributed by atoms with Crippen LogP contribution in [0.5, 0.6) is 5.75 Å². The van der Waals surface area contributed by atoms with Gasteiger partial charge in [0.05, 0.1) is 6.04 Å². The summed E-state index contributed by atoms with van der Waals surface area (Å²) in [7, 11) is 1.65. The molecular weight excluding hydrogens is 493 g/mol. The fourth-order valence-corrected chi connectivity index (χ4v) is 5.02. The Morgan fingerprint density at radius 3 is 2.43 bits per heavy atom. The highest BCUT2D eigenvalue weighted by Gasteiger charge is 2.42. The van der Waals surface area contributed by atoms with Crippen LogP contribution in [-0.2, 0) is 11.3 Å². The van der Waals surface area contributed by atoms with Crippen LogP contribution < -0.4 is 10.7 Å². The summed E-state index contributed by atoms with van der Waals surface area (Å²) in [5.74, 6) is -6.34. The number of aromatic nitrogens is 1.